The summed E-state index contributed by atoms with van der Waals surface area (Å²) in [5.74, 6) is -0.000789. The fourth-order valence-electron chi connectivity index (χ4n) is 3.57. The number of amides is 1. The molecule has 3 aromatic carbocycles. The second-order valence-corrected chi connectivity index (χ2v) is 8.92. The molecular weight excluding hydrogens is 418 g/mol. The maximum atomic E-state index is 13.4. The molecule has 1 aromatic heterocycles. The number of aromatic nitrogens is 2. The Labute approximate surface area is 191 Å². The van der Waals surface area contributed by atoms with Crippen molar-refractivity contribution in [2.45, 2.75) is 32.9 Å². The SMILES string of the molecule is Cc1ccc(NC(=O)CSc2nc3ccccc3c(=O)n2-c2ccc(C)c(C)c2)c(C)c1. The number of para-hydroxylation sites is 1. The van der Waals surface area contributed by atoms with E-state index in [0.717, 1.165) is 33.6 Å². The average molecular weight is 444 g/mol. The molecule has 0 unspecified atom stereocenters. The monoisotopic (exact) mass is 443 g/mol. The van der Waals surface area contributed by atoms with Gasteiger partial charge in [0.2, 0.25) is 5.91 Å². The van der Waals surface area contributed by atoms with E-state index in [2.05, 4.69) is 5.32 Å². The highest BCUT2D eigenvalue weighted by atomic mass is 32.2. The number of aryl methyl sites for hydroxylation is 4. The van der Waals surface area contributed by atoms with E-state index in [1.165, 1.54) is 11.8 Å². The van der Waals surface area contributed by atoms with Gasteiger partial charge in [-0.3, -0.25) is 14.2 Å². The molecule has 4 rings (SSSR count). The van der Waals surface area contributed by atoms with Gasteiger partial charge in [-0.15, -0.1) is 0 Å². The largest absolute Gasteiger partial charge is 0.325 e. The van der Waals surface area contributed by atoms with Gasteiger partial charge in [0.05, 0.1) is 22.3 Å². The lowest BCUT2D eigenvalue weighted by atomic mass is 10.1. The van der Waals surface area contributed by atoms with Crippen LogP contribution in [0.4, 0.5) is 5.69 Å². The Morgan fingerprint density at radius 3 is 2.47 bits per heavy atom. The summed E-state index contributed by atoms with van der Waals surface area (Å²) in [6, 6.07) is 19.1. The number of thioether (sulfide) groups is 1. The molecule has 0 aliphatic heterocycles. The number of hydrogen-bond acceptors (Lipinski definition) is 4. The van der Waals surface area contributed by atoms with E-state index in [9.17, 15) is 9.59 Å². The summed E-state index contributed by atoms with van der Waals surface area (Å²) in [4.78, 5) is 30.8. The molecule has 1 N–H and O–H groups in total. The van der Waals surface area contributed by atoms with Gasteiger partial charge in [-0.25, -0.2) is 4.98 Å². The first-order valence-electron chi connectivity index (χ1n) is 10.4. The molecule has 0 radical (unpaired) electrons. The zero-order valence-corrected chi connectivity index (χ0v) is 19.4. The van der Waals surface area contributed by atoms with Crippen molar-refractivity contribution in [3.8, 4) is 5.69 Å². The Morgan fingerprint density at radius 1 is 0.938 bits per heavy atom. The Kier molecular flexibility index (Phi) is 6.15. The summed E-state index contributed by atoms with van der Waals surface area (Å²) < 4.78 is 1.60. The van der Waals surface area contributed by atoms with E-state index in [1.54, 1.807) is 10.6 Å². The standard InChI is InChI=1S/C26H25N3O2S/c1-16-9-12-22(19(4)13-16)27-24(30)15-32-26-28-23-8-6-5-7-21(23)25(31)29(26)20-11-10-17(2)18(3)14-20/h5-14H,15H2,1-4H3,(H,27,30). The van der Waals surface area contributed by atoms with E-state index in [0.29, 0.717) is 16.1 Å². The quantitative estimate of drug-likeness (QED) is 0.334. The summed E-state index contributed by atoms with van der Waals surface area (Å²) in [7, 11) is 0. The van der Waals surface area contributed by atoms with Gasteiger partial charge in [-0.1, -0.05) is 47.7 Å². The number of nitrogens with one attached hydrogen (secondary N) is 1. The van der Waals surface area contributed by atoms with Crippen LogP contribution in [0.5, 0.6) is 0 Å². The molecule has 162 valence electrons. The van der Waals surface area contributed by atoms with E-state index < -0.39 is 0 Å². The molecule has 4 aromatic rings. The number of carbonyl (C=O) groups excluding carboxylic acids is 1. The molecule has 32 heavy (non-hydrogen) atoms. The molecule has 0 aliphatic carbocycles. The highest BCUT2D eigenvalue weighted by Crippen LogP contribution is 2.23. The Morgan fingerprint density at radius 2 is 1.72 bits per heavy atom. The van der Waals surface area contributed by atoms with E-state index in [-0.39, 0.29) is 17.2 Å². The average Bonchev–Trinajstić information content (AvgIpc) is 2.76. The third-order valence-electron chi connectivity index (χ3n) is 5.48. The van der Waals surface area contributed by atoms with E-state index in [4.69, 9.17) is 4.98 Å². The lowest BCUT2D eigenvalue weighted by Gasteiger charge is -2.15. The van der Waals surface area contributed by atoms with Gasteiger partial charge < -0.3 is 5.32 Å². The normalized spacial score (nSPS) is 11.0. The molecule has 0 bridgehead atoms. The highest BCUT2D eigenvalue weighted by molar-refractivity contribution is 7.99. The predicted molar refractivity (Wildman–Crippen MR) is 132 cm³/mol. The van der Waals surface area contributed by atoms with Crippen molar-refractivity contribution >= 4 is 34.3 Å². The van der Waals surface area contributed by atoms with Gasteiger partial charge in [-0.2, -0.15) is 0 Å². The third-order valence-corrected chi connectivity index (χ3v) is 6.42. The summed E-state index contributed by atoms with van der Waals surface area (Å²) in [6.07, 6.45) is 0. The summed E-state index contributed by atoms with van der Waals surface area (Å²) >= 11 is 1.26. The number of benzene rings is 3. The van der Waals surface area contributed by atoms with Gasteiger partial charge in [0.25, 0.3) is 5.56 Å². The minimum absolute atomic E-state index is 0.142. The lowest BCUT2D eigenvalue weighted by Crippen LogP contribution is -2.23. The summed E-state index contributed by atoms with van der Waals surface area (Å²) in [6.45, 7) is 8.04. The van der Waals surface area contributed by atoms with Crippen LogP contribution in [0.25, 0.3) is 16.6 Å². The van der Waals surface area contributed by atoms with Crippen LogP contribution >= 0.6 is 11.8 Å². The second-order valence-electron chi connectivity index (χ2n) is 7.98. The Hall–Kier alpha value is -3.38. The van der Waals surface area contributed by atoms with Crippen molar-refractivity contribution in [1.29, 1.82) is 0 Å². The van der Waals surface area contributed by atoms with Gasteiger partial charge in [0.15, 0.2) is 5.16 Å². The molecule has 0 atom stereocenters. The van der Waals surface area contributed by atoms with Crippen LogP contribution in [-0.4, -0.2) is 21.2 Å². The maximum absolute atomic E-state index is 13.4. The maximum Gasteiger partial charge on any atom is 0.266 e. The molecule has 0 saturated heterocycles. The van der Waals surface area contributed by atoms with Crippen LogP contribution in [0.2, 0.25) is 0 Å². The smallest absolute Gasteiger partial charge is 0.266 e. The van der Waals surface area contributed by atoms with E-state index in [1.807, 2.05) is 82.3 Å². The number of anilines is 1. The molecule has 1 heterocycles. The number of carbonyl (C=O) groups is 1. The number of nitrogens with zero attached hydrogens (tertiary/aromatic N) is 2. The molecule has 0 aliphatic rings. The van der Waals surface area contributed by atoms with Crippen molar-refractivity contribution in [2.75, 3.05) is 11.1 Å². The van der Waals surface area contributed by atoms with Crippen molar-refractivity contribution in [3.63, 3.8) is 0 Å². The molecule has 0 saturated carbocycles. The van der Waals surface area contributed by atoms with Crippen LogP contribution in [0.1, 0.15) is 22.3 Å². The predicted octanol–water partition coefficient (Wildman–Crippen LogP) is 5.35. The third kappa shape index (κ3) is 4.46. The first-order chi connectivity index (χ1) is 15.3. The molecule has 1 amide bonds. The minimum Gasteiger partial charge on any atom is -0.325 e. The zero-order chi connectivity index (χ0) is 22.8. The lowest BCUT2D eigenvalue weighted by molar-refractivity contribution is -0.113. The molecule has 0 fully saturated rings. The van der Waals surface area contributed by atoms with Crippen molar-refractivity contribution in [1.82, 2.24) is 9.55 Å². The Balaban J connectivity index is 1.68. The van der Waals surface area contributed by atoms with Crippen LogP contribution in [0, 0.1) is 27.7 Å². The van der Waals surface area contributed by atoms with Crippen molar-refractivity contribution < 1.29 is 4.79 Å². The van der Waals surface area contributed by atoms with Gasteiger partial charge >= 0.3 is 0 Å². The topological polar surface area (TPSA) is 64.0 Å². The Bertz CT molecular complexity index is 1390. The summed E-state index contributed by atoms with van der Waals surface area (Å²) in [5.41, 5.74) is 6.41. The van der Waals surface area contributed by atoms with Crippen LogP contribution in [0.3, 0.4) is 0 Å². The summed E-state index contributed by atoms with van der Waals surface area (Å²) in [5, 5.41) is 4.00. The fraction of sp³-hybridized carbons (Fsp3) is 0.192. The molecule has 6 heteroatoms. The van der Waals surface area contributed by atoms with Gasteiger partial charge in [0, 0.05) is 5.69 Å². The van der Waals surface area contributed by atoms with Gasteiger partial charge in [0.1, 0.15) is 0 Å². The second kappa shape index (κ2) is 9.01. The number of fused-ring (bicyclic) bond motifs is 1. The van der Waals surface area contributed by atoms with Crippen LogP contribution < -0.4 is 10.9 Å². The molecular formula is C26H25N3O2S. The van der Waals surface area contributed by atoms with Gasteiger partial charge in [-0.05, 0) is 74.7 Å². The zero-order valence-electron chi connectivity index (χ0n) is 18.6. The van der Waals surface area contributed by atoms with Crippen LogP contribution in [0.15, 0.2) is 70.6 Å². The van der Waals surface area contributed by atoms with E-state index >= 15 is 0 Å². The van der Waals surface area contributed by atoms with Crippen molar-refractivity contribution in [3.05, 3.63) is 93.3 Å². The molecule has 5 nitrogen and oxygen atoms in total. The fourth-order valence-corrected chi connectivity index (χ4v) is 4.38. The first kappa shape index (κ1) is 21.8. The molecule has 0 spiro atoms. The highest BCUT2D eigenvalue weighted by Gasteiger charge is 2.15. The minimum atomic E-state index is -0.143. The van der Waals surface area contributed by atoms with Crippen LogP contribution in [-0.2, 0) is 4.79 Å². The number of rotatable bonds is 5. The van der Waals surface area contributed by atoms with Crippen molar-refractivity contribution in [2.24, 2.45) is 0 Å². The number of hydrogen-bond donors (Lipinski definition) is 1. The first-order valence-corrected chi connectivity index (χ1v) is 11.4.